The molecule has 5 nitrogen and oxygen atoms in total. The minimum absolute atomic E-state index is 0.265. The lowest BCUT2D eigenvalue weighted by atomic mass is 10.1. The number of benzene rings is 1. The van der Waals surface area contributed by atoms with Crippen LogP contribution in [-0.2, 0) is 13.0 Å². The van der Waals surface area contributed by atoms with E-state index in [0.717, 1.165) is 24.3 Å². The average Bonchev–Trinajstić information content (AvgIpc) is 2.96. The van der Waals surface area contributed by atoms with Crippen molar-refractivity contribution in [2.45, 2.75) is 13.0 Å². The first kappa shape index (κ1) is 9.35. The van der Waals surface area contributed by atoms with Crippen molar-refractivity contribution in [3.8, 4) is 17.1 Å². The molecule has 2 N–H and O–H groups in total. The summed E-state index contributed by atoms with van der Waals surface area (Å²) in [6.45, 7) is 1.01. The number of nitrogens with two attached hydrogens (primary N) is 1. The van der Waals surface area contributed by atoms with E-state index in [9.17, 15) is 0 Å². The number of ether oxygens (including phenoxy) is 1. The van der Waals surface area contributed by atoms with E-state index in [1.165, 1.54) is 5.56 Å². The molecule has 1 aromatic heterocycles. The van der Waals surface area contributed by atoms with Crippen molar-refractivity contribution < 1.29 is 9.26 Å². The van der Waals surface area contributed by atoms with Crippen LogP contribution >= 0.6 is 0 Å². The molecular formula is C11H11N3O2. The molecule has 2 heterocycles. The zero-order valence-corrected chi connectivity index (χ0v) is 8.64. The van der Waals surface area contributed by atoms with E-state index < -0.39 is 0 Å². The van der Waals surface area contributed by atoms with Gasteiger partial charge in [-0.2, -0.15) is 4.98 Å². The van der Waals surface area contributed by atoms with Crippen molar-refractivity contribution in [2.24, 2.45) is 5.73 Å². The molecule has 3 rings (SSSR count). The summed E-state index contributed by atoms with van der Waals surface area (Å²) in [6.07, 6.45) is 0.935. The van der Waals surface area contributed by atoms with Gasteiger partial charge >= 0.3 is 0 Å². The third kappa shape index (κ3) is 1.45. The quantitative estimate of drug-likeness (QED) is 0.816. The predicted octanol–water partition coefficient (Wildman–Crippen LogP) is 1.13. The van der Waals surface area contributed by atoms with Gasteiger partial charge in [0.15, 0.2) is 0 Å². The van der Waals surface area contributed by atoms with E-state index in [2.05, 4.69) is 10.1 Å². The second-order valence-corrected chi connectivity index (χ2v) is 3.64. The van der Waals surface area contributed by atoms with Crippen LogP contribution in [-0.4, -0.2) is 16.7 Å². The SMILES string of the molecule is NCc1nc(-c2ccc3c(c2)CCO3)no1. The van der Waals surface area contributed by atoms with Crippen molar-refractivity contribution >= 4 is 0 Å². The Morgan fingerprint density at radius 1 is 1.38 bits per heavy atom. The molecule has 0 aliphatic carbocycles. The van der Waals surface area contributed by atoms with Crippen LogP contribution in [0.15, 0.2) is 22.7 Å². The number of rotatable bonds is 2. The topological polar surface area (TPSA) is 74.2 Å². The van der Waals surface area contributed by atoms with Gasteiger partial charge in [0.2, 0.25) is 11.7 Å². The number of nitrogens with zero attached hydrogens (tertiary/aromatic N) is 2. The Morgan fingerprint density at radius 2 is 2.31 bits per heavy atom. The maximum Gasteiger partial charge on any atom is 0.240 e. The molecule has 0 saturated heterocycles. The second kappa shape index (κ2) is 3.61. The highest BCUT2D eigenvalue weighted by Gasteiger charge is 2.14. The van der Waals surface area contributed by atoms with E-state index >= 15 is 0 Å². The van der Waals surface area contributed by atoms with Gasteiger partial charge in [0.25, 0.3) is 0 Å². The van der Waals surface area contributed by atoms with E-state index in [4.69, 9.17) is 15.0 Å². The summed E-state index contributed by atoms with van der Waals surface area (Å²) in [4.78, 5) is 4.18. The molecule has 0 unspecified atom stereocenters. The van der Waals surface area contributed by atoms with Gasteiger partial charge in [-0.25, -0.2) is 0 Å². The third-order valence-corrected chi connectivity index (χ3v) is 2.59. The van der Waals surface area contributed by atoms with Gasteiger partial charge in [0, 0.05) is 12.0 Å². The second-order valence-electron chi connectivity index (χ2n) is 3.64. The molecule has 0 fully saturated rings. The van der Waals surface area contributed by atoms with Crippen molar-refractivity contribution in [2.75, 3.05) is 6.61 Å². The lowest BCUT2D eigenvalue weighted by Crippen LogP contribution is -1.95. The highest BCUT2D eigenvalue weighted by atomic mass is 16.5. The fourth-order valence-electron chi connectivity index (χ4n) is 1.78. The molecule has 0 radical (unpaired) electrons. The Labute approximate surface area is 92.2 Å². The molecule has 0 bridgehead atoms. The highest BCUT2D eigenvalue weighted by molar-refractivity contribution is 5.59. The number of hydrogen-bond acceptors (Lipinski definition) is 5. The van der Waals surface area contributed by atoms with Gasteiger partial charge in [-0.3, -0.25) is 0 Å². The van der Waals surface area contributed by atoms with E-state index in [-0.39, 0.29) is 6.54 Å². The molecular weight excluding hydrogens is 206 g/mol. The maximum atomic E-state index is 5.43. The summed E-state index contributed by atoms with van der Waals surface area (Å²) in [5.74, 6) is 1.98. The Hall–Kier alpha value is -1.88. The Morgan fingerprint density at radius 3 is 3.12 bits per heavy atom. The fraction of sp³-hybridized carbons (Fsp3) is 0.273. The average molecular weight is 217 g/mol. The summed E-state index contributed by atoms with van der Waals surface area (Å²) in [5.41, 5.74) is 7.54. The number of aromatic nitrogens is 2. The third-order valence-electron chi connectivity index (χ3n) is 2.59. The van der Waals surface area contributed by atoms with Crippen LogP contribution in [0, 0.1) is 0 Å². The van der Waals surface area contributed by atoms with Gasteiger partial charge in [-0.1, -0.05) is 5.16 Å². The van der Waals surface area contributed by atoms with E-state index in [1.54, 1.807) is 0 Å². The van der Waals surface area contributed by atoms with E-state index in [1.807, 2.05) is 18.2 Å². The summed E-state index contributed by atoms with van der Waals surface area (Å²) in [7, 11) is 0. The maximum absolute atomic E-state index is 5.43. The fourth-order valence-corrected chi connectivity index (χ4v) is 1.78. The summed E-state index contributed by atoms with van der Waals surface area (Å²) in [6, 6.07) is 5.90. The van der Waals surface area contributed by atoms with Crippen molar-refractivity contribution in [1.82, 2.24) is 10.1 Å². The minimum atomic E-state index is 0.265. The summed E-state index contributed by atoms with van der Waals surface area (Å²) < 4.78 is 10.4. The molecule has 16 heavy (non-hydrogen) atoms. The van der Waals surface area contributed by atoms with Crippen molar-refractivity contribution in [3.05, 3.63) is 29.7 Å². The monoisotopic (exact) mass is 217 g/mol. The first-order valence-corrected chi connectivity index (χ1v) is 5.15. The van der Waals surface area contributed by atoms with Crippen molar-refractivity contribution in [3.63, 3.8) is 0 Å². The van der Waals surface area contributed by atoms with Crippen LogP contribution < -0.4 is 10.5 Å². The van der Waals surface area contributed by atoms with Crippen LogP contribution in [0.2, 0.25) is 0 Å². The summed E-state index contributed by atoms with van der Waals surface area (Å²) in [5, 5.41) is 3.88. The number of hydrogen-bond donors (Lipinski definition) is 1. The lowest BCUT2D eigenvalue weighted by Gasteiger charge is -1.99. The van der Waals surface area contributed by atoms with Crippen molar-refractivity contribution in [1.29, 1.82) is 0 Å². The molecule has 0 atom stereocenters. The van der Waals surface area contributed by atoms with Crippen LogP contribution in [0.25, 0.3) is 11.4 Å². The first-order valence-electron chi connectivity index (χ1n) is 5.15. The van der Waals surface area contributed by atoms with Gasteiger partial charge < -0.3 is 15.0 Å². The number of fused-ring (bicyclic) bond motifs is 1. The Balaban J connectivity index is 2.00. The predicted molar refractivity (Wildman–Crippen MR) is 56.8 cm³/mol. The van der Waals surface area contributed by atoms with Gasteiger partial charge in [-0.15, -0.1) is 0 Å². The van der Waals surface area contributed by atoms with Gasteiger partial charge in [-0.05, 0) is 23.8 Å². The zero-order chi connectivity index (χ0) is 11.0. The minimum Gasteiger partial charge on any atom is -0.493 e. The standard InChI is InChI=1S/C11H11N3O2/c12-6-10-13-11(14-16-10)8-1-2-9-7(5-8)3-4-15-9/h1-2,5H,3-4,6,12H2. The first-order chi connectivity index (χ1) is 7.86. The van der Waals surface area contributed by atoms with Crippen LogP contribution in [0.3, 0.4) is 0 Å². The smallest absolute Gasteiger partial charge is 0.240 e. The van der Waals surface area contributed by atoms with Gasteiger partial charge in [0.1, 0.15) is 5.75 Å². The van der Waals surface area contributed by atoms with Crippen LogP contribution in [0.5, 0.6) is 5.75 Å². The normalized spacial score (nSPS) is 13.6. The Bertz CT molecular complexity index is 522. The lowest BCUT2D eigenvalue weighted by molar-refractivity contribution is 0.357. The molecule has 1 aliphatic heterocycles. The molecule has 82 valence electrons. The summed E-state index contributed by atoms with van der Waals surface area (Å²) >= 11 is 0. The molecule has 2 aromatic rings. The molecule has 0 spiro atoms. The highest BCUT2D eigenvalue weighted by Crippen LogP contribution is 2.29. The molecule has 0 amide bonds. The molecule has 5 heteroatoms. The van der Waals surface area contributed by atoms with E-state index in [0.29, 0.717) is 11.7 Å². The van der Waals surface area contributed by atoms with Crippen LogP contribution in [0.1, 0.15) is 11.5 Å². The molecule has 0 saturated carbocycles. The van der Waals surface area contributed by atoms with Gasteiger partial charge in [0.05, 0.1) is 13.2 Å². The van der Waals surface area contributed by atoms with Crippen LogP contribution in [0.4, 0.5) is 0 Å². The Kier molecular flexibility index (Phi) is 2.11. The molecule has 1 aliphatic rings. The molecule has 1 aromatic carbocycles. The zero-order valence-electron chi connectivity index (χ0n) is 8.64. The largest absolute Gasteiger partial charge is 0.493 e.